The summed E-state index contributed by atoms with van der Waals surface area (Å²) in [6, 6.07) is 35.9. The molecule has 0 spiro atoms. The van der Waals surface area contributed by atoms with Gasteiger partial charge in [0.2, 0.25) is 0 Å². The van der Waals surface area contributed by atoms with Crippen LogP contribution < -0.4 is 4.74 Å². The number of pyridine rings is 2. The van der Waals surface area contributed by atoms with Crippen LogP contribution in [0.2, 0.25) is 0 Å². The number of phenols is 1. The van der Waals surface area contributed by atoms with Crippen LogP contribution in [-0.4, -0.2) is 38.7 Å². The summed E-state index contributed by atoms with van der Waals surface area (Å²) in [4.78, 5) is 31.2. The van der Waals surface area contributed by atoms with E-state index in [2.05, 4.69) is 118 Å². The molecule has 0 amide bonds. The first-order chi connectivity index (χ1) is 32.7. The van der Waals surface area contributed by atoms with Gasteiger partial charge in [-0.3, -0.25) is 19.6 Å². The number of benzene rings is 4. The van der Waals surface area contributed by atoms with Gasteiger partial charge in [-0.2, -0.15) is 0 Å². The number of carboxylic acid groups (broad SMARTS) is 1. The van der Waals surface area contributed by atoms with Gasteiger partial charge in [-0.15, -0.1) is 0 Å². The summed E-state index contributed by atoms with van der Waals surface area (Å²) in [5.41, 5.74) is 13.5. The summed E-state index contributed by atoms with van der Waals surface area (Å²) in [5, 5.41) is 19.7. The Labute approximate surface area is 426 Å². The Bertz CT molecular complexity index is 2630. The number of aliphatic carboxylic acids is 1. The van der Waals surface area contributed by atoms with Gasteiger partial charge in [-0.1, -0.05) is 139 Å². The molecule has 0 saturated heterocycles. The first-order valence-electron chi connectivity index (χ1n) is 24.3. The third-order valence-corrected chi connectivity index (χ3v) is 14.9. The van der Waals surface area contributed by atoms with Crippen molar-refractivity contribution in [2.45, 2.75) is 154 Å². The van der Waals surface area contributed by atoms with Crippen LogP contribution in [0, 0.1) is 0 Å². The number of carbonyl (C=O) groups excluding carboxylic acids is 1. The maximum Gasteiger partial charge on any atom is 0.306 e. The van der Waals surface area contributed by atoms with Crippen LogP contribution in [0.5, 0.6) is 11.5 Å². The number of carbonyl (C=O) groups is 2. The van der Waals surface area contributed by atoms with E-state index in [1.807, 2.05) is 60.7 Å². The minimum absolute atomic E-state index is 0. The van der Waals surface area contributed by atoms with E-state index in [0.717, 1.165) is 33.3 Å². The molecule has 0 aliphatic heterocycles. The number of halogens is 1. The van der Waals surface area contributed by atoms with Crippen molar-refractivity contribution < 1.29 is 29.3 Å². The second-order valence-corrected chi connectivity index (χ2v) is 21.7. The zero-order chi connectivity index (χ0) is 50.0. The Morgan fingerprint density at radius 2 is 0.971 bits per heavy atom. The van der Waals surface area contributed by atoms with Crippen molar-refractivity contribution in [3.63, 3.8) is 0 Å². The van der Waals surface area contributed by atoms with Crippen LogP contribution >= 0.6 is 15.9 Å². The summed E-state index contributed by atoms with van der Waals surface area (Å²) >= 11 is 3.55. The fourth-order valence-electron chi connectivity index (χ4n) is 9.72. The third kappa shape index (κ3) is 14.2. The lowest BCUT2D eigenvalue weighted by Crippen LogP contribution is -2.33. The van der Waals surface area contributed by atoms with Crippen molar-refractivity contribution in [2.75, 3.05) is 6.61 Å². The molecular formula is C61H75BrN2O6. The molecule has 2 heterocycles. The number of aromatic hydroxyl groups is 1. The van der Waals surface area contributed by atoms with Gasteiger partial charge in [0.05, 0.1) is 19.4 Å². The molecule has 2 aromatic heterocycles. The number of esters is 1. The van der Waals surface area contributed by atoms with Crippen LogP contribution in [0.3, 0.4) is 0 Å². The molecule has 8 rings (SSSR count). The number of hydrogen-bond acceptors (Lipinski definition) is 7. The smallest absolute Gasteiger partial charge is 0.306 e. The standard InChI is InChI=1S/C29H33NO3.C16H17NO3.C15H21Br.CH4/c1-28(2)13-14-29(3,4)26-17-20(5-10-25(26)28)19-33-23-8-6-21(7-9-23)24(18-27(31)32)22-11-15-30-16-12-22;1-2-20-16(19)11-15(13-7-9-17-10-8-13)12-3-5-14(18)6-4-12;1-14(2)7-8-15(3,4)13-9-11(10-16)5-6-12(13)14;/h5-12,15-17,24H,13-14,18-19H2,1-4H3,(H,31,32);3-10,15,18H,2,11H2,1H3;5-6,9H,7-8,10H2,1-4H3;1H4. The van der Waals surface area contributed by atoms with Crippen molar-refractivity contribution in [3.8, 4) is 11.5 Å². The van der Waals surface area contributed by atoms with Gasteiger partial charge in [0, 0.05) is 42.0 Å². The second-order valence-electron chi connectivity index (χ2n) is 21.2. The topological polar surface area (TPSA) is 119 Å². The number of phenolic OH excluding ortho intramolecular Hbond substituents is 1. The number of aromatic nitrogens is 2. The molecule has 4 aromatic carbocycles. The number of rotatable bonds is 13. The average Bonchev–Trinajstić information content (AvgIpc) is 3.34. The molecule has 8 nitrogen and oxygen atoms in total. The highest BCUT2D eigenvalue weighted by Gasteiger charge is 2.38. The van der Waals surface area contributed by atoms with Gasteiger partial charge in [0.25, 0.3) is 0 Å². The monoisotopic (exact) mass is 1010 g/mol. The predicted molar refractivity (Wildman–Crippen MR) is 287 cm³/mol. The number of nitrogens with zero attached hydrogens (tertiary/aromatic N) is 2. The van der Waals surface area contributed by atoms with Crippen LogP contribution in [0.25, 0.3) is 0 Å². The summed E-state index contributed by atoms with van der Waals surface area (Å²) in [5.74, 6) is -0.389. The van der Waals surface area contributed by atoms with E-state index < -0.39 is 5.97 Å². The molecule has 0 radical (unpaired) electrons. The minimum Gasteiger partial charge on any atom is -0.508 e. The van der Waals surface area contributed by atoms with Crippen LogP contribution in [0.4, 0.5) is 0 Å². The highest BCUT2D eigenvalue weighted by atomic mass is 79.9. The summed E-state index contributed by atoms with van der Waals surface area (Å²) in [6.45, 7) is 21.5. The van der Waals surface area contributed by atoms with Crippen LogP contribution in [0.15, 0.2) is 134 Å². The molecule has 2 unspecified atom stereocenters. The molecule has 2 aliphatic rings. The molecule has 0 bridgehead atoms. The van der Waals surface area contributed by atoms with E-state index in [0.29, 0.717) is 24.0 Å². The van der Waals surface area contributed by atoms with Gasteiger partial charge in [0.1, 0.15) is 18.1 Å². The second kappa shape index (κ2) is 23.9. The lowest BCUT2D eigenvalue weighted by Gasteiger charge is -2.42. The Kier molecular flexibility index (Phi) is 18.8. The van der Waals surface area contributed by atoms with Gasteiger partial charge >= 0.3 is 11.9 Å². The third-order valence-electron chi connectivity index (χ3n) is 14.2. The molecule has 6 aromatic rings. The maximum atomic E-state index is 11.8. The first kappa shape index (κ1) is 55.1. The number of carboxylic acids is 1. The van der Waals surface area contributed by atoms with E-state index in [9.17, 15) is 19.8 Å². The lowest BCUT2D eigenvalue weighted by atomic mass is 9.63. The fraction of sp³-hybridized carbons (Fsp3) is 0.410. The van der Waals surface area contributed by atoms with Gasteiger partial charge in [-0.05, 0) is 158 Å². The van der Waals surface area contributed by atoms with Crippen molar-refractivity contribution in [1.82, 2.24) is 9.97 Å². The van der Waals surface area contributed by atoms with E-state index in [4.69, 9.17) is 9.47 Å². The largest absolute Gasteiger partial charge is 0.508 e. The van der Waals surface area contributed by atoms with Crippen molar-refractivity contribution in [1.29, 1.82) is 0 Å². The quantitative estimate of drug-likeness (QED) is 0.0867. The SMILES string of the molecule is C.CC1(C)CCC(C)(C)c2cc(CBr)ccc21.CC1(C)CCC(C)(C)c2cc(COc3ccc(C(CC(=O)O)c4ccncc4)cc3)ccc21.CCOC(=O)CC(c1ccncc1)c1ccc(O)cc1. The number of ether oxygens (including phenoxy) is 2. The predicted octanol–water partition coefficient (Wildman–Crippen LogP) is 15.1. The minimum atomic E-state index is -0.823. The number of fused-ring (bicyclic) bond motifs is 2. The Balaban J connectivity index is 0.000000211. The zero-order valence-corrected chi connectivity index (χ0v) is 43.6. The summed E-state index contributed by atoms with van der Waals surface area (Å²) < 4.78 is 11.1. The summed E-state index contributed by atoms with van der Waals surface area (Å²) in [6.07, 6.45) is 12.1. The lowest BCUT2D eigenvalue weighted by molar-refractivity contribution is -0.143. The molecule has 2 aliphatic carbocycles. The van der Waals surface area contributed by atoms with Crippen molar-refractivity contribution >= 4 is 27.9 Å². The van der Waals surface area contributed by atoms with Crippen LogP contribution in [-0.2, 0) is 47.9 Å². The molecular weight excluding hydrogens is 937 g/mol. The van der Waals surface area contributed by atoms with E-state index >= 15 is 0 Å². The highest BCUT2D eigenvalue weighted by Crippen LogP contribution is 2.47. The normalized spacial score (nSPS) is 16.4. The zero-order valence-electron chi connectivity index (χ0n) is 42.0. The van der Waals surface area contributed by atoms with E-state index in [-0.39, 0.29) is 54.7 Å². The fourth-order valence-corrected chi connectivity index (χ4v) is 10.1. The highest BCUT2D eigenvalue weighted by molar-refractivity contribution is 9.08. The molecule has 372 valence electrons. The Morgan fingerprint density at radius 1 is 0.571 bits per heavy atom. The van der Waals surface area contributed by atoms with Gasteiger partial charge in [0.15, 0.2) is 0 Å². The Hall–Kier alpha value is -5.80. The summed E-state index contributed by atoms with van der Waals surface area (Å²) in [7, 11) is 0. The molecule has 0 fully saturated rings. The average molecular weight is 1010 g/mol. The van der Waals surface area contributed by atoms with Crippen molar-refractivity contribution in [3.05, 3.63) is 190 Å². The number of hydrogen-bond donors (Lipinski definition) is 2. The molecule has 0 saturated carbocycles. The molecule has 2 atom stereocenters. The number of alkyl halides is 1. The first-order valence-corrected chi connectivity index (χ1v) is 25.4. The molecule has 2 N–H and O–H groups in total. The van der Waals surface area contributed by atoms with Crippen LogP contribution in [0.1, 0.15) is 176 Å². The van der Waals surface area contributed by atoms with E-state index in [1.165, 1.54) is 47.9 Å². The molecule has 70 heavy (non-hydrogen) atoms. The maximum absolute atomic E-state index is 11.8. The van der Waals surface area contributed by atoms with E-state index in [1.54, 1.807) is 55.0 Å². The van der Waals surface area contributed by atoms with Gasteiger partial charge in [-0.25, -0.2) is 0 Å². The molecule has 9 heteroatoms. The van der Waals surface area contributed by atoms with Gasteiger partial charge < -0.3 is 19.7 Å². The van der Waals surface area contributed by atoms with Crippen molar-refractivity contribution in [2.24, 2.45) is 0 Å². The Morgan fingerprint density at radius 3 is 1.41 bits per heavy atom.